The van der Waals surface area contributed by atoms with Crippen LogP contribution in [0.15, 0.2) is 30.3 Å². The predicted octanol–water partition coefficient (Wildman–Crippen LogP) is 21.7. The molecule has 0 radical (unpaired) electrons. The lowest BCUT2D eigenvalue weighted by molar-refractivity contribution is 0.306. The molecule has 0 aliphatic carbocycles. The van der Waals surface area contributed by atoms with Crippen LogP contribution in [0.4, 0.5) is 0 Å². The first kappa shape index (κ1) is 52.1. The number of hydrogen-bond donors (Lipinski definition) is 0. The zero-order valence-corrected chi connectivity index (χ0v) is 44.8. The van der Waals surface area contributed by atoms with Gasteiger partial charge in [-0.2, -0.15) is 0 Å². The van der Waals surface area contributed by atoms with E-state index in [2.05, 4.69) is 65.0 Å². The number of benzene rings is 2. The van der Waals surface area contributed by atoms with Gasteiger partial charge in [0.15, 0.2) is 5.06 Å². The molecule has 360 valence electrons. The van der Waals surface area contributed by atoms with Crippen molar-refractivity contribution in [2.24, 2.45) is 0 Å². The molecule has 0 spiro atoms. The SMILES string of the molecule is CCCCCCCCCCCCOc1cc2c(-c3cc4cc5c(OCCCCCCCCCCCC)c6sc(C)cc6c(OCCCCCCCCCCCC)c5cc4s3)sc(C)c2s1. The highest BCUT2D eigenvalue weighted by Crippen LogP contribution is 2.51. The van der Waals surface area contributed by atoms with Crippen LogP contribution in [0.25, 0.3) is 50.8 Å². The van der Waals surface area contributed by atoms with Crippen LogP contribution < -0.4 is 14.2 Å². The van der Waals surface area contributed by atoms with E-state index in [-0.39, 0.29) is 0 Å². The summed E-state index contributed by atoms with van der Waals surface area (Å²) in [6.07, 6.45) is 40.0. The number of ether oxygens (including phenoxy) is 3. The van der Waals surface area contributed by atoms with Gasteiger partial charge >= 0.3 is 0 Å². The zero-order chi connectivity index (χ0) is 45.5. The second-order valence-corrected chi connectivity index (χ2v) is 23.8. The summed E-state index contributed by atoms with van der Waals surface area (Å²) in [7, 11) is 0. The fourth-order valence-corrected chi connectivity index (χ4v) is 14.1. The third kappa shape index (κ3) is 16.1. The third-order valence-corrected chi connectivity index (χ3v) is 18.2. The lowest BCUT2D eigenvalue weighted by atomic mass is 10.0. The molecule has 0 unspecified atom stereocenters. The number of rotatable bonds is 37. The van der Waals surface area contributed by atoms with Crippen molar-refractivity contribution in [3.63, 3.8) is 0 Å². The molecule has 3 nitrogen and oxygen atoms in total. The molecule has 7 heteroatoms. The van der Waals surface area contributed by atoms with E-state index in [1.807, 2.05) is 45.3 Å². The average Bonchev–Trinajstić information content (AvgIpc) is 4.09. The van der Waals surface area contributed by atoms with Gasteiger partial charge in [0.1, 0.15) is 11.5 Å². The highest BCUT2D eigenvalue weighted by atomic mass is 32.1. The summed E-state index contributed by atoms with van der Waals surface area (Å²) in [4.78, 5) is 5.42. The van der Waals surface area contributed by atoms with Crippen LogP contribution in [0.5, 0.6) is 16.6 Å². The van der Waals surface area contributed by atoms with E-state index in [1.54, 1.807) is 0 Å². The Balaban J connectivity index is 1.15. The molecule has 0 amide bonds. The maximum atomic E-state index is 6.92. The Labute approximate surface area is 411 Å². The maximum absolute atomic E-state index is 6.92. The van der Waals surface area contributed by atoms with Crippen LogP contribution in [0, 0.1) is 13.8 Å². The molecule has 6 aromatic rings. The van der Waals surface area contributed by atoms with Gasteiger partial charge in [-0.1, -0.05) is 205 Å². The van der Waals surface area contributed by atoms with Crippen molar-refractivity contribution in [2.45, 2.75) is 227 Å². The van der Waals surface area contributed by atoms with Crippen LogP contribution in [-0.4, -0.2) is 19.8 Å². The summed E-state index contributed by atoms with van der Waals surface area (Å²) in [6, 6.07) is 12.0. The molecule has 0 atom stereocenters. The summed E-state index contributed by atoms with van der Waals surface area (Å²) in [6.45, 7) is 13.8. The summed E-state index contributed by atoms with van der Waals surface area (Å²) in [5.74, 6) is 2.11. The van der Waals surface area contributed by atoms with E-state index < -0.39 is 0 Å². The minimum Gasteiger partial charge on any atom is -0.492 e. The van der Waals surface area contributed by atoms with Crippen molar-refractivity contribution in [1.82, 2.24) is 0 Å². The second-order valence-electron chi connectivity index (χ2n) is 19.2. The van der Waals surface area contributed by atoms with Crippen LogP contribution in [-0.2, 0) is 0 Å². The number of unbranched alkanes of at least 4 members (excludes halogenated alkanes) is 27. The normalized spacial score (nSPS) is 12.0. The van der Waals surface area contributed by atoms with Crippen molar-refractivity contribution in [3.8, 4) is 26.3 Å². The highest BCUT2D eigenvalue weighted by molar-refractivity contribution is 7.30. The summed E-state index contributed by atoms with van der Waals surface area (Å²) in [5.41, 5.74) is 0. The Morgan fingerprint density at radius 1 is 0.369 bits per heavy atom. The largest absolute Gasteiger partial charge is 0.492 e. The maximum Gasteiger partial charge on any atom is 0.175 e. The number of hydrogen-bond acceptors (Lipinski definition) is 7. The number of fused-ring (bicyclic) bond motifs is 4. The molecular weight excluding hydrogens is 873 g/mol. The molecule has 0 aliphatic rings. The van der Waals surface area contributed by atoms with Gasteiger partial charge in [-0.15, -0.1) is 34.0 Å². The third-order valence-electron chi connectivity index (χ3n) is 13.4. The van der Waals surface area contributed by atoms with Crippen molar-refractivity contribution in [1.29, 1.82) is 0 Å². The van der Waals surface area contributed by atoms with Gasteiger partial charge in [-0.3, -0.25) is 0 Å². The molecule has 0 fully saturated rings. The molecule has 0 aliphatic heterocycles. The predicted molar refractivity (Wildman–Crippen MR) is 295 cm³/mol. The topological polar surface area (TPSA) is 27.7 Å². The highest BCUT2D eigenvalue weighted by Gasteiger charge is 2.22. The van der Waals surface area contributed by atoms with Crippen LogP contribution in [0.2, 0.25) is 0 Å². The Morgan fingerprint density at radius 2 is 0.831 bits per heavy atom. The molecular formula is C58H86O3S4. The fraction of sp³-hybridized carbons (Fsp3) is 0.655. The summed E-state index contributed by atoms with van der Waals surface area (Å²) >= 11 is 7.57. The molecule has 0 N–H and O–H groups in total. The first-order valence-electron chi connectivity index (χ1n) is 26.9. The first-order valence-corrected chi connectivity index (χ1v) is 30.1. The van der Waals surface area contributed by atoms with Gasteiger partial charge in [0.05, 0.1) is 34.1 Å². The van der Waals surface area contributed by atoms with E-state index >= 15 is 0 Å². The van der Waals surface area contributed by atoms with Gasteiger partial charge in [0, 0.05) is 46.9 Å². The minimum absolute atomic E-state index is 0.760. The van der Waals surface area contributed by atoms with E-state index in [0.29, 0.717) is 0 Å². The van der Waals surface area contributed by atoms with Crippen molar-refractivity contribution in [3.05, 3.63) is 40.1 Å². The Kier molecular flexibility index (Phi) is 23.7. The molecule has 0 bridgehead atoms. The number of thiophene rings is 4. The zero-order valence-electron chi connectivity index (χ0n) is 41.6. The Morgan fingerprint density at radius 3 is 1.35 bits per heavy atom. The van der Waals surface area contributed by atoms with Gasteiger partial charge in [-0.25, -0.2) is 0 Å². The van der Waals surface area contributed by atoms with Crippen LogP contribution in [0.1, 0.15) is 223 Å². The van der Waals surface area contributed by atoms with E-state index in [9.17, 15) is 0 Å². The van der Waals surface area contributed by atoms with E-state index in [0.717, 1.165) is 55.6 Å². The Hall–Kier alpha value is -2.32. The molecule has 65 heavy (non-hydrogen) atoms. The molecule has 6 rings (SSSR count). The summed E-state index contributed by atoms with van der Waals surface area (Å²) in [5, 5.41) is 7.34. The monoisotopic (exact) mass is 959 g/mol. The van der Waals surface area contributed by atoms with Crippen molar-refractivity contribution < 1.29 is 14.2 Å². The standard InChI is InChI=1S/C58H86O3S4/c1-6-9-12-15-18-21-24-27-30-33-36-59-53-43-50-56(65-53)45(5)63-57(50)52-41-46-40-47-48(42-51(46)64-52)54(60-37-34-31-28-25-22-19-16-13-10-7-2)49-39-44(4)62-58(49)55(47)61-38-35-32-29-26-23-20-17-14-11-8-3/h39-43H,6-38H2,1-5H3. The lowest BCUT2D eigenvalue weighted by Crippen LogP contribution is -2.01. The molecule has 0 saturated carbocycles. The van der Waals surface area contributed by atoms with Gasteiger partial charge in [0.2, 0.25) is 0 Å². The molecule has 0 saturated heterocycles. The van der Waals surface area contributed by atoms with Gasteiger partial charge in [0.25, 0.3) is 0 Å². The number of aryl methyl sites for hydroxylation is 2. The first-order chi connectivity index (χ1) is 32.0. The van der Waals surface area contributed by atoms with Crippen molar-refractivity contribution >= 4 is 86.4 Å². The van der Waals surface area contributed by atoms with Gasteiger partial charge in [-0.05, 0) is 62.8 Å². The van der Waals surface area contributed by atoms with Gasteiger partial charge < -0.3 is 14.2 Å². The summed E-state index contributed by atoms with van der Waals surface area (Å²) < 4.78 is 24.2. The van der Waals surface area contributed by atoms with E-state index in [4.69, 9.17) is 14.2 Å². The quantitative estimate of drug-likeness (QED) is 0.0364. The average molecular weight is 960 g/mol. The molecule has 4 heterocycles. The van der Waals surface area contributed by atoms with Crippen LogP contribution in [0.3, 0.4) is 0 Å². The lowest BCUT2D eigenvalue weighted by Gasteiger charge is -2.16. The van der Waals surface area contributed by atoms with Crippen molar-refractivity contribution in [2.75, 3.05) is 19.8 Å². The minimum atomic E-state index is 0.760. The van der Waals surface area contributed by atoms with Crippen LogP contribution >= 0.6 is 45.3 Å². The van der Waals surface area contributed by atoms with E-state index in [1.165, 1.54) is 234 Å². The Bertz CT molecular complexity index is 2130. The fourth-order valence-electron chi connectivity index (χ4n) is 9.59. The molecule has 4 aromatic heterocycles. The molecule has 2 aromatic carbocycles. The second kappa shape index (κ2) is 29.5. The smallest absolute Gasteiger partial charge is 0.175 e.